The van der Waals surface area contributed by atoms with Gasteiger partial charge < -0.3 is 4.98 Å². The van der Waals surface area contributed by atoms with E-state index in [4.69, 9.17) is 0 Å². The highest BCUT2D eigenvalue weighted by Gasteiger charge is 1.82. The van der Waals surface area contributed by atoms with E-state index >= 15 is 0 Å². The molecule has 1 heterocycles. The van der Waals surface area contributed by atoms with Gasteiger partial charge >= 0.3 is 5.69 Å². The summed E-state index contributed by atoms with van der Waals surface area (Å²) in [5.74, 6) is 0. The van der Waals surface area contributed by atoms with Crippen molar-refractivity contribution in [2.24, 2.45) is 0 Å². The molecule has 0 atom stereocenters. The van der Waals surface area contributed by atoms with Gasteiger partial charge in [-0.15, -0.1) is 12.4 Å². The zero-order valence-corrected chi connectivity index (χ0v) is 6.70. The fourth-order valence-corrected chi connectivity index (χ4v) is 0.542. The fourth-order valence-electron chi connectivity index (χ4n) is 0.326. The van der Waals surface area contributed by atoms with Crippen molar-refractivity contribution < 1.29 is 0 Å². The van der Waals surface area contributed by atoms with E-state index in [1.807, 2.05) is 0 Å². The molecule has 0 saturated carbocycles. The van der Waals surface area contributed by atoms with Gasteiger partial charge in [-0.05, 0) is 15.9 Å². The van der Waals surface area contributed by atoms with Crippen molar-refractivity contribution in [1.82, 2.24) is 9.97 Å². The van der Waals surface area contributed by atoms with Crippen molar-refractivity contribution in [3.05, 3.63) is 27.4 Å². The van der Waals surface area contributed by atoms with Crippen molar-refractivity contribution in [2.45, 2.75) is 0 Å². The molecule has 1 N–H and O–H groups in total. The maximum absolute atomic E-state index is 10.2. The Bertz CT molecular complexity index is 216. The van der Waals surface area contributed by atoms with Crippen LogP contribution in [-0.4, -0.2) is 9.97 Å². The van der Waals surface area contributed by atoms with Crippen LogP contribution in [0.15, 0.2) is 21.7 Å². The van der Waals surface area contributed by atoms with Crippen LogP contribution in [-0.2, 0) is 0 Å². The molecule has 9 heavy (non-hydrogen) atoms. The molecule has 0 bridgehead atoms. The summed E-state index contributed by atoms with van der Waals surface area (Å²) in [7, 11) is 0. The van der Waals surface area contributed by atoms with E-state index in [1.54, 1.807) is 0 Å². The molecule has 0 saturated heterocycles. The Morgan fingerprint density at radius 2 is 2.33 bits per heavy atom. The van der Waals surface area contributed by atoms with Crippen LogP contribution in [0.2, 0.25) is 0 Å². The summed E-state index contributed by atoms with van der Waals surface area (Å²) >= 11 is 3.11. The van der Waals surface area contributed by atoms with Crippen LogP contribution in [0.5, 0.6) is 0 Å². The molecule has 0 radical (unpaired) electrons. The Balaban J connectivity index is 0.000000640. The highest BCUT2D eigenvalue weighted by molar-refractivity contribution is 9.10. The number of rotatable bonds is 0. The fraction of sp³-hybridized carbons (Fsp3) is 0. The lowest BCUT2D eigenvalue weighted by atomic mass is 10.7. The van der Waals surface area contributed by atoms with E-state index in [-0.39, 0.29) is 18.1 Å². The largest absolute Gasteiger partial charge is 0.344 e. The average molecular weight is 211 g/mol. The van der Waals surface area contributed by atoms with Gasteiger partial charge in [0, 0.05) is 12.4 Å². The number of aromatic amines is 1. The molecule has 0 spiro atoms. The van der Waals surface area contributed by atoms with Gasteiger partial charge in [0.2, 0.25) is 0 Å². The molecule has 3 nitrogen and oxygen atoms in total. The minimum Gasteiger partial charge on any atom is -0.312 e. The summed E-state index contributed by atoms with van der Waals surface area (Å²) < 4.78 is 0.775. The van der Waals surface area contributed by atoms with Crippen LogP contribution in [0, 0.1) is 0 Å². The minimum atomic E-state index is -0.326. The van der Waals surface area contributed by atoms with Crippen LogP contribution in [0.4, 0.5) is 0 Å². The zero-order chi connectivity index (χ0) is 5.98. The number of hydrogen-bond donors (Lipinski definition) is 1. The summed E-state index contributed by atoms with van der Waals surface area (Å²) in [5.41, 5.74) is -0.326. The van der Waals surface area contributed by atoms with Crippen LogP contribution in [0.1, 0.15) is 0 Å². The standard InChI is InChI=1S/C4H3BrN2O.ClH/c5-3-1-6-4(8)7-2-3;/h1-2H,(H,6,7,8);1H. The van der Waals surface area contributed by atoms with E-state index in [0.29, 0.717) is 0 Å². The smallest absolute Gasteiger partial charge is 0.312 e. The number of aromatic nitrogens is 2. The number of H-pyrrole nitrogens is 1. The highest BCUT2D eigenvalue weighted by Crippen LogP contribution is 1.99. The van der Waals surface area contributed by atoms with Gasteiger partial charge in [-0.1, -0.05) is 0 Å². The molecule has 0 aliphatic carbocycles. The topological polar surface area (TPSA) is 45.8 Å². The van der Waals surface area contributed by atoms with Gasteiger partial charge in [0.1, 0.15) is 0 Å². The van der Waals surface area contributed by atoms with Crippen molar-refractivity contribution in [2.75, 3.05) is 0 Å². The second-order valence-electron chi connectivity index (χ2n) is 1.24. The molecule has 1 rings (SSSR count). The van der Waals surface area contributed by atoms with Crippen molar-refractivity contribution >= 4 is 28.3 Å². The van der Waals surface area contributed by atoms with Gasteiger partial charge in [-0.25, -0.2) is 9.78 Å². The first-order chi connectivity index (χ1) is 3.79. The van der Waals surface area contributed by atoms with Crippen LogP contribution in [0.3, 0.4) is 0 Å². The van der Waals surface area contributed by atoms with E-state index in [0.717, 1.165) is 4.47 Å². The maximum Gasteiger partial charge on any atom is 0.344 e. The molecule has 0 amide bonds. The highest BCUT2D eigenvalue weighted by atomic mass is 79.9. The Kier molecular flexibility index (Phi) is 3.49. The Morgan fingerprint density at radius 1 is 1.67 bits per heavy atom. The van der Waals surface area contributed by atoms with Gasteiger partial charge in [0.05, 0.1) is 4.47 Å². The summed E-state index contributed by atoms with van der Waals surface area (Å²) in [6.07, 6.45) is 2.98. The van der Waals surface area contributed by atoms with Crippen LogP contribution in [0.25, 0.3) is 0 Å². The van der Waals surface area contributed by atoms with Gasteiger partial charge in [-0.2, -0.15) is 0 Å². The second-order valence-corrected chi connectivity index (χ2v) is 2.15. The lowest BCUT2D eigenvalue weighted by molar-refractivity contribution is 1.06. The monoisotopic (exact) mass is 210 g/mol. The third-order valence-electron chi connectivity index (χ3n) is 0.639. The first-order valence-electron chi connectivity index (χ1n) is 1.99. The molecule has 0 aromatic carbocycles. The molecule has 0 aliphatic rings. The Hall–Kier alpha value is -0.350. The number of nitrogens with one attached hydrogen (secondary N) is 1. The van der Waals surface area contributed by atoms with E-state index in [2.05, 4.69) is 25.9 Å². The minimum absolute atomic E-state index is 0. The van der Waals surface area contributed by atoms with Gasteiger partial charge in [0.25, 0.3) is 0 Å². The zero-order valence-electron chi connectivity index (χ0n) is 4.30. The van der Waals surface area contributed by atoms with Crippen LogP contribution < -0.4 is 5.69 Å². The molecule has 0 unspecified atom stereocenters. The molecule has 5 heteroatoms. The summed E-state index contributed by atoms with van der Waals surface area (Å²) in [4.78, 5) is 16.0. The summed E-state index contributed by atoms with van der Waals surface area (Å²) in [6.45, 7) is 0. The number of halogens is 2. The van der Waals surface area contributed by atoms with Crippen molar-refractivity contribution in [3.8, 4) is 0 Å². The SMILES string of the molecule is Cl.O=c1ncc(Br)c[nH]1. The Morgan fingerprint density at radius 3 is 2.67 bits per heavy atom. The van der Waals surface area contributed by atoms with E-state index in [1.165, 1.54) is 12.4 Å². The maximum atomic E-state index is 10.2. The van der Waals surface area contributed by atoms with E-state index < -0.39 is 0 Å². The quantitative estimate of drug-likeness (QED) is 0.695. The number of nitrogens with zero attached hydrogens (tertiary/aromatic N) is 1. The van der Waals surface area contributed by atoms with Crippen LogP contribution >= 0.6 is 28.3 Å². The average Bonchev–Trinajstić information content (AvgIpc) is 1.77. The van der Waals surface area contributed by atoms with Crippen molar-refractivity contribution in [3.63, 3.8) is 0 Å². The molecule has 1 aromatic heterocycles. The molecular weight excluding hydrogens is 207 g/mol. The van der Waals surface area contributed by atoms with E-state index in [9.17, 15) is 4.79 Å². The normalized spacial score (nSPS) is 8.11. The van der Waals surface area contributed by atoms with Crippen molar-refractivity contribution in [1.29, 1.82) is 0 Å². The van der Waals surface area contributed by atoms with Gasteiger partial charge in [0.15, 0.2) is 0 Å². The summed E-state index contributed by atoms with van der Waals surface area (Å²) in [6, 6.07) is 0. The summed E-state index contributed by atoms with van der Waals surface area (Å²) in [5, 5.41) is 0. The van der Waals surface area contributed by atoms with Gasteiger partial charge in [-0.3, -0.25) is 0 Å². The first kappa shape index (κ1) is 8.65. The molecular formula is C4H4BrClN2O. The number of hydrogen-bond acceptors (Lipinski definition) is 2. The lowest BCUT2D eigenvalue weighted by Crippen LogP contribution is -2.06. The molecule has 0 aliphatic heterocycles. The lowest BCUT2D eigenvalue weighted by Gasteiger charge is -1.81. The molecule has 1 aromatic rings. The Labute approximate surface area is 66.1 Å². The molecule has 0 fully saturated rings. The predicted octanol–water partition coefficient (Wildman–Crippen LogP) is 0.954. The third-order valence-corrected chi connectivity index (χ3v) is 1.07. The predicted molar refractivity (Wildman–Crippen MR) is 39.8 cm³/mol. The first-order valence-corrected chi connectivity index (χ1v) is 2.78. The molecule has 50 valence electrons. The second kappa shape index (κ2) is 3.63. The third kappa shape index (κ3) is 2.62.